The van der Waals surface area contributed by atoms with Gasteiger partial charge in [-0.1, -0.05) is 24.3 Å². The van der Waals surface area contributed by atoms with E-state index in [1.807, 2.05) is 24.3 Å². The first kappa shape index (κ1) is 20.6. The summed E-state index contributed by atoms with van der Waals surface area (Å²) in [5.74, 6) is -1.35. The molecule has 0 bridgehead atoms. The number of rotatable bonds is 6. The van der Waals surface area contributed by atoms with E-state index in [2.05, 4.69) is 9.89 Å². The van der Waals surface area contributed by atoms with Crippen molar-refractivity contribution in [2.24, 2.45) is 10.9 Å². The molecule has 2 aromatic carbocycles. The molecule has 0 saturated carbocycles. The van der Waals surface area contributed by atoms with Crippen LogP contribution >= 0.6 is 0 Å². The summed E-state index contributed by atoms with van der Waals surface area (Å²) in [5.41, 5.74) is 2.73. The minimum atomic E-state index is -0.974. The monoisotopic (exact) mass is 414 g/mol. The minimum absolute atomic E-state index is 0.00714. The second-order valence-electron chi connectivity index (χ2n) is 7.79. The summed E-state index contributed by atoms with van der Waals surface area (Å²) in [6.45, 7) is 2.28. The standard InChI is InChI=1S/C23H24F2N2O3/c24-20-6-5-17(11-21(20)25)30-14-16(28)13-27-9-7-15(8-10-27)23-19-4-2-1-3-18(19)22(29)12-26-23/h1-6,11,15-16,28H,7-10,12-14H2. The summed E-state index contributed by atoms with van der Waals surface area (Å²) in [6, 6.07) is 11.0. The van der Waals surface area contributed by atoms with Crippen molar-refractivity contribution >= 4 is 11.5 Å². The highest BCUT2D eigenvalue weighted by Crippen LogP contribution is 2.27. The van der Waals surface area contributed by atoms with Gasteiger partial charge >= 0.3 is 0 Å². The van der Waals surface area contributed by atoms with Crippen molar-refractivity contribution in [2.45, 2.75) is 18.9 Å². The van der Waals surface area contributed by atoms with Crippen LogP contribution in [-0.4, -0.2) is 60.4 Å². The number of hydrogen-bond donors (Lipinski definition) is 1. The molecule has 1 N–H and O–H groups in total. The number of aliphatic hydroxyl groups excluding tert-OH is 1. The zero-order chi connectivity index (χ0) is 21.1. The van der Waals surface area contributed by atoms with E-state index in [1.165, 1.54) is 6.07 Å². The van der Waals surface area contributed by atoms with Crippen molar-refractivity contribution in [3.63, 3.8) is 0 Å². The molecule has 1 atom stereocenters. The van der Waals surface area contributed by atoms with Crippen LogP contribution in [0.2, 0.25) is 0 Å². The van der Waals surface area contributed by atoms with Gasteiger partial charge in [0.2, 0.25) is 0 Å². The van der Waals surface area contributed by atoms with E-state index in [1.54, 1.807) is 0 Å². The van der Waals surface area contributed by atoms with Gasteiger partial charge in [0.1, 0.15) is 25.0 Å². The van der Waals surface area contributed by atoms with E-state index in [-0.39, 0.29) is 24.7 Å². The number of carbonyl (C=O) groups excluding carboxylic acids is 1. The van der Waals surface area contributed by atoms with Crippen LogP contribution in [0.1, 0.15) is 28.8 Å². The molecule has 2 aliphatic heterocycles. The van der Waals surface area contributed by atoms with Gasteiger partial charge in [-0.05, 0) is 38.1 Å². The van der Waals surface area contributed by atoms with Crippen molar-refractivity contribution in [1.82, 2.24) is 4.90 Å². The number of fused-ring (bicyclic) bond motifs is 1. The van der Waals surface area contributed by atoms with Gasteiger partial charge in [-0.25, -0.2) is 8.78 Å². The maximum Gasteiger partial charge on any atom is 0.184 e. The van der Waals surface area contributed by atoms with Crippen LogP contribution in [0.4, 0.5) is 8.78 Å². The summed E-state index contributed by atoms with van der Waals surface area (Å²) >= 11 is 0. The van der Waals surface area contributed by atoms with Crippen LogP contribution in [0.25, 0.3) is 0 Å². The average molecular weight is 414 g/mol. The number of β-amino-alcohol motifs (C(OH)–C–C–N with tert-alkyl or cyclic N) is 1. The van der Waals surface area contributed by atoms with Crippen LogP contribution in [0, 0.1) is 17.6 Å². The average Bonchev–Trinajstić information content (AvgIpc) is 2.76. The lowest BCUT2D eigenvalue weighted by molar-refractivity contribution is 0.0587. The Labute approximate surface area is 174 Å². The second kappa shape index (κ2) is 9.02. The van der Waals surface area contributed by atoms with E-state index in [0.29, 0.717) is 12.5 Å². The minimum Gasteiger partial charge on any atom is -0.491 e. The molecular weight excluding hydrogens is 390 g/mol. The fourth-order valence-corrected chi connectivity index (χ4v) is 4.12. The van der Waals surface area contributed by atoms with E-state index in [0.717, 1.165) is 54.9 Å². The summed E-state index contributed by atoms with van der Waals surface area (Å²) in [5, 5.41) is 10.3. The molecule has 1 unspecified atom stereocenters. The third kappa shape index (κ3) is 4.57. The summed E-state index contributed by atoms with van der Waals surface area (Å²) < 4.78 is 31.6. The van der Waals surface area contributed by atoms with E-state index < -0.39 is 17.7 Å². The van der Waals surface area contributed by atoms with Crippen molar-refractivity contribution in [3.8, 4) is 5.75 Å². The lowest BCUT2D eigenvalue weighted by Crippen LogP contribution is -2.42. The van der Waals surface area contributed by atoms with Gasteiger partial charge in [0.25, 0.3) is 0 Å². The predicted octanol–water partition coefficient (Wildman–Crippen LogP) is 3.10. The fraction of sp³-hybridized carbons (Fsp3) is 0.391. The fourth-order valence-electron chi connectivity index (χ4n) is 4.12. The predicted molar refractivity (Wildman–Crippen MR) is 109 cm³/mol. The molecule has 0 amide bonds. The number of piperidine rings is 1. The number of likely N-dealkylation sites (tertiary alicyclic amines) is 1. The molecule has 4 rings (SSSR count). The van der Waals surface area contributed by atoms with Crippen molar-refractivity contribution in [2.75, 3.05) is 32.8 Å². The number of halogens is 2. The van der Waals surface area contributed by atoms with Gasteiger partial charge in [-0.15, -0.1) is 0 Å². The molecular formula is C23H24F2N2O3. The maximum absolute atomic E-state index is 13.2. The Morgan fingerprint density at radius 1 is 1.10 bits per heavy atom. The Morgan fingerprint density at radius 3 is 2.57 bits per heavy atom. The Bertz CT molecular complexity index is 955. The van der Waals surface area contributed by atoms with Crippen LogP contribution in [-0.2, 0) is 0 Å². The molecule has 30 heavy (non-hydrogen) atoms. The van der Waals surface area contributed by atoms with Crippen molar-refractivity contribution < 1.29 is 23.4 Å². The molecule has 1 saturated heterocycles. The first-order valence-electron chi connectivity index (χ1n) is 10.2. The SMILES string of the molecule is O=C1CN=C(C2CCN(CC(O)COc3ccc(F)c(F)c3)CC2)c2ccccc21. The Hall–Kier alpha value is -2.64. The Morgan fingerprint density at radius 2 is 1.83 bits per heavy atom. The molecule has 0 aliphatic carbocycles. The van der Waals surface area contributed by atoms with Crippen LogP contribution in [0.15, 0.2) is 47.5 Å². The molecule has 5 nitrogen and oxygen atoms in total. The first-order valence-corrected chi connectivity index (χ1v) is 10.2. The molecule has 1 fully saturated rings. The molecule has 0 radical (unpaired) electrons. The zero-order valence-electron chi connectivity index (χ0n) is 16.6. The third-order valence-electron chi connectivity index (χ3n) is 5.67. The molecule has 0 spiro atoms. The molecule has 2 aliphatic rings. The first-order chi connectivity index (χ1) is 14.5. The topological polar surface area (TPSA) is 62.1 Å². The highest BCUT2D eigenvalue weighted by molar-refractivity contribution is 6.16. The third-order valence-corrected chi connectivity index (χ3v) is 5.67. The van der Waals surface area contributed by atoms with Crippen LogP contribution < -0.4 is 4.74 Å². The van der Waals surface area contributed by atoms with Gasteiger partial charge < -0.3 is 14.7 Å². The van der Waals surface area contributed by atoms with Gasteiger partial charge in [-0.2, -0.15) is 0 Å². The number of nitrogens with zero attached hydrogens (tertiary/aromatic N) is 2. The number of hydrogen-bond acceptors (Lipinski definition) is 5. The maximum atomic E-state index is 13.2. The molecule has 7 heteroatoms. The highest BCUT2D eigenvalue weighted by atomic mass is 19.2. The molecule has 2 aromatic rings. The van der Waals surface area contributed by atoms with Crippen molar-refractivity contribution in [3.05, 3.63) is 65.2 Å². The number of aliphatic hydroxyl groups is 1. The number of Topliss-reactive ketones (excluding diaryl/α,β-unsaturated/α-hetero) is 1. The number of ketones is 1. The van der Waals surface area contributed by atoms with Crippen molar-refractivity contribution in [1.29, 1.82) is 0 Å². The van der Waals surface area contributed by atoms with Crippen LogP contribution in [0.5, 0.6) is 5.75 Å². The molecule has 2 heterocycles. The highest BCUT2D eigenvalue weighted by Gasteiger charge is 2.29. The number of ether oxygens (including phenoxy) is 1. The van der Waals surface area contributed by atoms with Gasteiger partial charge in [-0.3, -0.25) is 9.79 Å². The second-order valence-corrected chi connectivity index (χ2v) is 7.79. The van der Waals surface area contributed by atoms with Gasteiger partial charge in [0, 0.05) is 35.4 Å². The summed E-state index contributed by atoms with van der Waals surface area (Å²) in [7, 11) is 0. The number of benzene rings is 2. The lowest BCUT2D eigenvalue weighted by atomic mass is 9.84. The largest absolute Gasteiger partial charge is 0.491 e. The van der Waals surface area contributed by atoms with Gasteiger partial charge in [0.05, 0.1) is 0 Å². The zero-order valence-corrected chi connectivity index (χ0v) is 16.6. The van der Waals surface area contributed by atoms with E-state index >= 15 is 0 Å². The van der Waals surface area contributed by atoms with E-state index in [4.69, 9.17) is 4.74 Å². The summed E-state index contributed by atoms with van der Waals surface area (Å²) in [6.07, 6.45) is 1.07. The normalized spacial score (nSPS) is 18.6. The Kier molecular flexibility index (Phi) is 6.20. The smallest absolute Gasteiger partial charge is 0.184 e. The quantitative estimate of drug-likeness (QED) is 0.789. The Balaban J connectivity index is 1.27. The van der Waals surface area contributed by atoms with Gasteiger partial charge in [0.15, 0.2) is 17.4 Å². The lowest BCUT2D eigenvalue weighted by Gasteiger charge is -2.34. The van der Waals surface area contributed by atoms with Crippen LogP contribution in [0.3, 0.4) is 0 Å². The summed E-state index contributed by atoms with van der Waals surface area (Å²) in [4.78, 5) is 18.8. The molecule has 158 valence electrons. The number of carbonyl (C=O) groups is 1. The number of aliphatic imine (C=N–C) groups is 1. The van der Waals surface area contributed by atoms with E-state index in [9.17, 15) is 18.7 Å². The molecule has 0 aromatic heterocycles.